The van der Waals surface area contributed by atoms with E-state index in [2.05, 4.69) is 11.1 Å². The van der Waals surface area contributed by atoms with Crippen molar-refractivity contribution in [3.8, 4) is 11.5 Å². The average molecular weight is 458 g/mol. The first-order valence-electron chi connectivity index (χ1n) is 10.8. The van der Waals surface area contributed by atoms with Gasteiger partial charge in [0.1, 0.15) is 29.2 Å². The quantitative estimate of drug-likeness (QED) is 0.315. The summed E-state index contributed by atoms with van der Waals surface area (Å²) >= 11 is 0. The fraction of sp³-hybridized carbons (Fsp3) is 0.435. The van der Waals surface area contributed by atoms with Gasteiger partial charge < -0.3 is 44.3 Å². The van der Waals surface area contributed by atoms with E-state index < -0.39 is 37.0 Å². The van der Waals surface area contributed by atoms with Crippen molar-refractivity contribution in [1.29, 1.82) is 0 Å². The van der Waals surface area contributed by atoms with Gasteiger partial charge in [0, 0.05) is 13.0 Å². The number of aromatic nitrogens is 2. The minimum atomic E-state index is -2.66. The van der Waals surface area contributed by atoms with Crippen LogP contribution in [-0.2, 0) is 24.1 Å². The van der Waals surface area contributed by atoms with E-state index >= 15 is 0 Å². The molecule has 1 aromatic heterocycles. The summed E-state index contributed by atoms with van der Waals surface area (Å²) in [6.07, 6.45) is -3.62. The van der Waals surface area contributed by atoms with Crippen molar-refractivity contribution in [2.45, 2.75) is 49.8 Å². The topological polar surface area (TPSA) is 147 Å². The Morgan fingerprint density at radius 3 is 2.85 bits per heavy atom. The molecular formula is C23H26N2O8. The van der Waals surface area contributed by atoms with Crippen molar-refractivity contribution in [2.24, 2.45) is 0 Å². The molecule has 33 heavy (non-hydrogen) atoms. The van der Waals surface area contributed by atoms with E-state index in [0.29, 0.717) is 30.6 Å². The van der Waals surface area contributed by atoms with Crippen LogP contribution in [-0.4, -0.2) is 78.7 Å². The summed E-state index contributed by atoms with van der Waals surface area (Å²) in [5.41, 5.74) is 3.47. The predicted molar refractivity (Wildman–Crippen MR) is 115 cm³/mol. The van der Waals surface area contributed by atoms with Gasteiger partial charge >= 0.3 is 0 Å². The highest BCUT2D eigenvalue weighted by atomic mass is 16.7. The first-order chi connectivity index (χ1) is 15.9. The normalized spacial score (nSPS) is 29.1. The minimum absolute atomic E-state index is 0.145. The lowest BCUT2D eigenvalue weighted by Crippen LogP contribution is -2.69. The van der Waals surface area contributed by atoms with E-state index in [1.54, 1.807) is 24.5 Å². The summed E-state index contributed by atoms with van der Waals surface area (Å²) in [7, 11) is 0. The number of benzene rings is 2. The molecular weight excluding hydrogens is 432 g/mol. The number of nitrogens with zero attached hydrogens (tertiary/aromatic N) is 2. The number of aliphatic hydroxyl groups excluding tert-OH is 4. The molecule has 10 heteroatoms. The Kier molecular flexibility index (Phi) is 5.73. The Morgan fingerprint density at radius 2 is 2.03 bits per heavy atom. The van der Waals surface area contributed by atoms with Crippen LogP contribution < -0.4 is 9.47 Å². The number of aliphatic hydroxyl groups is 5. The molecule has 2 aliphatic heterocycles. The van der Waals surface area contributed by atoms with Crippen LogP contribution in [0.25, 0.3) is 11.0 Å². The summed E-state index contributed by atoms with van der Waals surface area (Å²) in [5, 5.41) is 51.1. The molecule has 3 heterocycles. The zero-order valence-electron chi connectivity index (χ0n) is 17.7. The molecule has 0 aliphatic carbocycles. The summed E-state index contributed by atoms with van der Waals surface area (Å²) in [4.78, 5) is 4.39. The lowest BCUT2D eigenvalue weighted by molar-refractivity contribution is -0.385. The Labute approximate surface area is 189 Å². The smallest absolute Gasteiger partial charge is 0.288 e. The zero-order chi connectivity index (χ0) is 23.2. The molecule has 0 spiro atoms. The van der Waals surface area contributed by atoms with Crippen molar-refractivity contribution < 1.29 is 39.7 Å². The van der Waals surface area contributed by atoms with Gasteiger partial charge in [-0.1, -0.05) is 18.2 Å². The number of para-hydroxylation sites is 1. The Morgan fingerprint density at radius 1 is 1.18 bits per heavy atom. The van der Waals surface area contributed by atoms with Gasteiger partial charge in [-0.3, -0.25) is 0 Å². The highest BCUT2D eigenvalue weighted by molar-refractivity contribution is 5.82. The van der Waals surface area contributed by atoms with Gasteiger partial charge in [-0.05, 0) is 35.7 Å². The van der Waals surface area contributed by atoms with E-state index in [-0.39, 0.29) is 5.75 Å². The van der Waals surface area contributed by atoms with Gasteiger partial charge in [0.15, 0.2) is 6.10 Å². The van der Waals surface area contributed by atoms with Crippen molar-refractivity contribution in [3.05, 3.63) is 53.9 Å². The first-order valence-corrected chi connectivity index (χ1v) is 10.8. The standard InChI is InChI=1S/C23H26N2O8/c26-11-18-20(27)21(28)23(30,22(29)32-18)33-17-3-1-2-15-19(17)25(12-24-15)8-6-13-4-5-16-14(10-13)7-9-31-16/h1-5,10,12,18,20-22,26-30H,6-9,11H2/t18-,20-,21+,22?,23+/m1/s1. The third-order valence-corrected chi connectivity index (χ3v) is 6.24. The molecule has 0 amide bonds. The molecule has 5 rings (SSSR count). The molecule has 1 unspecified atom stereocenters. The van der Waals surface area contributed by atoms with Crippen LogP contribution in [0, 0.1) is 0 Å². The SMILES string of the molecule is OC[C@H]1OC(O)[C@@](O)(Oc2cccc3ncn(CCc4ccc5c(c4)CCO5)c23)[C@@H](O)[C@@H]1O. The minimum Gasteiger partial charge on any atom is -0.493 e. The molecule has 10 nitrogen and oxygen atoms in total. The molecule has 1 fully saturated rings. The first kappa shape index (κ1) is 22.1. The van der Waals surface area contributed by atoms with Gasteiger partial charge in [-0.2, -0.15) is 0 Å². The second kappa shape index (κ2) is 8.56. The molecule has 5 atom stereocenters. The Bertz CT molecular complexity index is 1150. The van der Waals surface area contributed by atoms with Gasteiger partial charge in [0.25, 0.3) is 5.79 Å². The molecule has 1 saturated heterocycles. The van der Waals surface area contributed by atoms with Gasteiger partial charge in [-0.25, -0.2) is 4.98 Å². The molecule has 0 bridgehead atoms. The number of imidazole rings is 1. The highest BCUT2D eigenvalue weighted by Crippen LogP contribution is 2.35. The van der Waals surface area contributed by atoms with E-state index in [9.17, 15) is 25.5 Å². The van der Waals surface area contributed by atoms with Crippen LogP contribution in [0.4, 0.5) is 0 Å². The van der Waals surface area contributed by atoms with Crippen molar-refractivity contribution in [2.75, 3.05) is 13.2 Å². The maximum Gasteiger partial charge on any atom is 0.288 e. The predicted octanol–water partition coefficient (Wildman–Crippen LogP) is -0.287. The van der Waals surface area contributed by atoms with Crippen molar-refractivity contribution in [3.63, 3.8) is 0 Å². The van der Waals surface area contributed by atoms with Gasteiger partial charge in [0.2, 0.25) is 6.29 Å². The van der Waals surface area contributed by atoms with E-state index in [1.165, 1.54) is 5.56 Å². The summed E-state index contributed by atoms with van der Waals surface area (Å²) in [5.74, 6) is -1.59. The number of rotatable bonds is 6. The van der Waals surface area contributed by atoms with Crippen LogP contribution in [0.2, 0.25) is 0 Å². The molecule has 3 aromatic rings. The summed E-state index contributed by atoms with van der Waals surface area (Å²) in [6.45, 7) is 0.609. The summed E-state index contributed by atoms with van der Waals surface area (Å²) < 4.78 is 18.1. The molecule has 0 radical (unpaired) electrons. The van der Waals surface area contributed by atoms with Crippen molar-refractivity contribution in [1.82, 2.24) is 9.55 Å². The molecule has 5 N–H and O–H groups in total. The zero-order valence-corrected chi connectivity index (χ0v) is 17.7. The second-order valence-electron chi connectivity index (χ2n) is 8.35. The monoisotopic (exact) mass is 458 g/mol. The van der Waals surface area contributed by atoms with Gasteiger partial charge in [0.05, 0.1) is 25.1 Å². The average Bonchev–Trinajstić information content (AvgIpc) is 3.46. The maximum atomic E-state index is 10.9. The van der Waals surface area contributed by atoms with Crippen LogP contribution in [0.3, 0.4) is 0 Å². The maximum absolute atomic E-state index is 10.9. The Balaban J connectivity index is 1.41. The third kappa shape index (κ3) is 3.84. The van der Waals surface area contributed by atoms with E-state index in [4.69, 9.17) is 14.2 Å². The number of hydrogen-bond donors (Lipinski definition) is 5. The van der Waals surface area contributed by atoms with Gasteiger partial charge in [-0.15, -0.1) is 0 Å². The fourth-order valence-electron chi connectivity index (χ4n) is 4.37. The molecule has 0 saturated carbocycles. The van der Waals surface area contributed by atoms with Crippen LogP contribution in [0.15, 0.2) is 42.7 Å². The number of fused-ring (bicyclic) bond motifs is 2. The van der Waals surface area contributed by atoms with E-state index in [1.807, 2.05) is 16.7 Å². The molecule has 2 aromatic carbocycles. The third-order valence-electron chi connectivity index (χ3n) is 6.24. The molecule has 2 aliphatic rings. The van der Waals surface area contributed by atoms with E-state index in [0.717, 1.165) is 17.7 Å². The largest absolute Gasteiger partial charge is 0.493 e. The highest BCUT2D eigenvalue weighted by Gasteiger charge is 2.57. The van der Waals surface area contributed by atoms with Crippen molar-refractivity contribution >= 4 is 11.0 Å². The second-order valence-corrected chi connectivity index (χ2v) is 8.35. The number of hydrogen-bond acceptors (Lipinski definition) is 9. The van der Waals surface area contributed by atoms with Crippen LogP contribution >= 0.6 is 0 Å². The lowest BCUT2D eigenvalue weighted by Gasteiger charge is -2.45. The number of aryl methyl sites for hydroxylation is 2. The van der Waals surface area contributed by atoms with Crippen LogP contribution in [0.5, 0.6) is 11.5 Å². The lowest BCUT2D eigenvalue weighted by atomic mass is 9.96. The summed E-state index contributed by atoms with van der Waals surface area (Å²) in [6, 6.07) is 11.1. The molecule has 176 valence electrons. The van der Waals surface area contributed by atoms with Crippen LogP contribution in [0.1, 0.15) is 11.1 Å². The Hall–Kier alpha value is -2.73. The fourth-order valence-corrected chi connectivity index (χ4v) is 4.37. The number of ether oxygens (including phenoxy) is 3.